The van der Waals surface area contributed by atoms with Crippen LogP contribution in [0.3, 0.4) is 0 Å². The molecule has 1 heterocycles. The molecule has 3 rings (SSSR count). The lowest BCUT2D eigenvalue weighted by Crippen LogP contribution is -2.35. The predicted octanol–water partition coefficient (Wildman–Crippen LogP) is 0.786. The van der Waals surface area contributed by atoms with E-state index in [2.05, 4.69) is 17.4 Å². The van der Waals surface area contributed by atoms with Crippen molar-refractivity contribution in [1.29, 1.82) is 0 Å². The van der Waals surface area contributed by atoms with Crippen molar-refractivity contribution in [1.82, 2.24) is 5.32 Å². The minimum Gasteiger partial charge on any atom is -0.324 e. The number of nitrogens with zero attached hydrogens (tertiary/aromatic N) is 1. The van der Waals surface area contributed by atoms with Gasteiger partial charge in [0.05, 0.1) is 6.42 Å². The van der Waals surface area contributed by atoms with E-state index in [1.807, 2.05) is 13.1 Å². The molecule has 0 unspecified atom stereocenters. The van der Waals surface area contributed by atoms with Crippen LogP contribution in [0.2, 0.25) is 0 Å². The highest BCUT2D eigenvalue weighted by Crippen LogP contribution is 2.31. The van der Waals surface area contributed by atoms with Gasteiger partial charge in [-0.2, -0.15) is 0 Å². The maximum Gasteiger partial charge on any atom is 0.231 e. The number of benzene rings is 1. The molecular formula is C14H19N3O. The van der Waals surface area contributed by atoms with Gasteiger partial charge in [0.15, 0.2) is 0 Å². The zero-order valence-corrected chi connectivity index (χ0v) is 10.7. The molecule has 1 fully saturated rings. The summed E-state index contributed by atoms with van der Waals surface area (Å²) in [6.45, 7) is 1.70. The van der Waals surface area contributed by atoms with E-state index in [4.69, 9.17) is 5.73 Å². The summed E-state index contributed by atoms with van der Waals surface area (Å²) in [6.07, 6.45) is 2.79. The summed E-state index contributed by atoms with van der Waals surface area (Å²) < 4.78 is 0. The summed E-state index contributed by atoms with van der Waals surface area (Å²) in [7, 11) is 1.83. The first-order valence-corrected chi connectivity index (χ1v) is 6.45. The van der Waals surface area contributed by atoms with E-state index >= 15 is 0 Å². The Balaban J connectivity index is 1.64. The second-order valence-corrected chi connectivity index (χ2v) is 5.56. The molecule has 1 aromatic carbocycles. The van der Waals surface area contributed by atoms with Crippen molar-refractivity contribution in [3.05, 3.63) is 29.3 Å². The van der Waals surface area contributed by atoms with Gasteiger partial charge in [-0.15, -0.1) is 0 Å². The zero-order chi connectivity index (χ0) is 12.8. The van der Waals surface area contributed by atoms with Crippen LogP contribution in [0.15, 0.2) is 18.2 Å². The zero-order valence-electron chi connectivity index (χ0n) is 10.7. The van der Waals surface area contributed by atoms with Gasteiger partial charge in [-0.25, -0.2) is 0 Å². The molecule has 1 aliphatic heterocycles. The van der Waals surface area contributed by atoms with Crippen LogP contribution in [-0.2, 0) is 17.8 Å². The fourth-order valence-corrected chi connectivity index (χ4v) is 2.43. The number of nitrogens with two attached hydrogens (primary N) is 1. The van der Waals surface area contributed by atoms with Crippen LogP contribution in [0, 0.1) is 0 Å². The van der Waals surface area contributed by atoms with Crippen LogP contribution in [-0.4, -0.2) is 25.0 Å². The molecule has 0 atom stereocenters. The summed E-state index contributed by atoms with van der Waals surface area (Å²) in [6, 6.07) is 6.24. The third-order valence-electron chi connectivity index (χ3n) is 3.92. The maximum atomic E-state index is 11.6. The normalized spacial score (nSPS) is 20.1. The first kappa shape index (κ1) is 11.7. The average Bonchev–Trinajstić information content (AvgIpc) is 2.99. The summed E-state index contributed by atoms with van der Waals surface area (Å²) in [5, 5.41) is 3.39. The Labute approximate surface area is 107 Å². The first-order chi connectivity index (χ1) is 8.57. The number of hydrogen-bond acceptors (Lipinski definition) is 3. The van der Waals surface area contributed by atoms with Crippen molar-refractivity contribution in [2.24, 2.45) is 5.73 Å². The van der Waals surface area contributed by atoms with Crippen LogP contribution in [0.25, 0.3) is 0 Å². The van der Waals surface area contributed by atoms with Crippen molar-refractivity contribution in [3.63, 3.8) is 0 Å². The lowest BCUT2D eigenvalue weighted by atomic mass is 10.1. The second kappa shape index (κ2) is 4.07. The van der Waals surface area contributed by atoms with Crippen molar-refractivity contribution < 1.29 is 4.79 Å². The van der Waals surface area contributed by atoms with Gasteiger partial charge in [-0.05, 0) is 30.0 Å². The monoisotopic (exact) mass is 245 g/mol. The first-order valence-electron chi connectivity index (χ1n) is 6.45. The smallest absolute Gasteiger partial charge is 0.231 e. The molecule has 0 radical (unpaired) electrons. The molecule has 4 nitrogen and oxygen atoms in total. The van der Waals surface area contributed by atoms with Gasteiger partial charge in [0.2, 0.25) is 5.91 Å². The lowest BCUT2D eigenvalue weighted by molar-refractivity contribution is -0.117. The molecule has 2 aliphatic rings. The number of fused-ring (bicyclic) bond motifs is 1. The predicted molar refractivity (Wildman–Crippen MR) is 71.4 cm³/mol. The van der Waals surface area contributed by atoms with Crippen LogP contribution >= 0.6 is 0 Å². The molecule has 1 amide bonds. The Morgan fingerprint density at radius 1 is 1.44 bits per heavy atom. The summed E-state index contributed by atoms with van der Waals surface area (Å²) >= 11 is 0. The molecule has 1 aliphatic carbocycles. The van der Waals surface area contributed by atoms with Crippen LogP contribution in [0.4, 0.5) is 5.69 Å². The Morgan fingerprint density at radius 3 is 2.94 bits per heavy atom. The number of amides is 1. The maximum absolute atomic E-state index is 11.6. The SMILES string of the molecule is CN1C(=O)Cc2cc(CNCC3(N)CC3)ccc21. The van der Waals surface area contributed by atoms with E-state index in [0.717, 1.165) is 37.2 Å². The van der Waals surface area contributed by atoms with E-state index in [1.165, 1.54) is 5.56 Å². The largest absolute Gasteiger partial charge is 0.324 e. The lowest BCUT2D eigenvalue weighted by Gasteiger charge is -2.12. The Bertz CT molecular complexity index is 494. The van der Waals surface area contributed by atoms with Crippen molar-refractivity contribution in [2.45, 2.75) is 31.3 Å². The van der Waals surface area contributed by atoms with Crippen LogP contribution in [0.5, 0.6) is 0 Å². The highest BCUT2D eigenvalue weighted by molar-refractivity contribution is 6.00. The number of hydrogen-bond donors (Lipinski definition) is 2. The molecule has 0 saturated heterocycles. The average molecular weight is 245 g/mol. The molecule has 4 heteroatoms. The van der Waals surface area contributed by atoms with Gasteiger partial charge in [0, 0.05) is 31.4 Å². The third kappa shape index (κ3) is 2.13. The second-order valence-electron chi connectivity index (χ2n) is 5.56. The molecule has 0 bridgehead atoms. The number of likely N-dealkylation sites (N-methyl/N-ethyl adjacent to an activating group) is 1. The van der Waals surface area contributed by atoms with E-state index in [1.54, 1.807) is 4.90 Å². The van der Waals surface area contributed by atoms with Crippen molar-refractivity contribution in [2.75, 3.05) is 18.5 Å². The summed E-state index contributed by atoms with van der Waals surface area (Å²) in [5.41, 5.74) is 9.47. The molecule has 1 aromatic rings. The third-order valence-corrected chi connectivity index (χ3v) is 3.92. The molecule has 18 heavy (non-hydrogen) atoms. The Hall–Kier alpha value is -1.39. The fraction of sp³-hybridized carbons (Fsp3) is 0.500. The number of rotatable bonds is 4. The standard InChI is InChI=1S/C14H19N3O/c1-17-12-3-2-10(6-11(12)7-13(17)18)8-16-9-14(15)4-5-14/h2-3,6,16H,4-5,7-9,15H2,1H3. The van der Waals surface area contributed by atoms with Gasteiger partial charge in [0.1, 0.15) is 0 Å². The number of carbonyl (C=O) groups excluding carboxylic acids is 1. The molecule has 3 N–H and O–H groups in total. The topological polar surface area (TPSA) is 58.4 Å². The van der Waals surface area contributed by atoms with Crippen LogP contribution < -0.4 is 16.0 Å². The van der Waals surface area contributed by atoms with Gasteiger partial charge in [-0.1, -0.05) is 12.1 Å². The van der Waals surface area contributed by atoms with Crippen molar-refractivity contribution in [3.8, 4) is 0 Å². The van der Waals surface area contributed by atoms with Gasteiger partial charge < -0.3 is 16.0 Å². The Morgan fingerprint density at radius 2 is 2.22 bits per heavy atom. The molecule has 1 saturated carbocycles. The van der Waals surface area contributed by atoms with E-state index < -0.39 is 0 Å². The van der Waals surface area contributed by atoms with E-state index in [0.29, 0.717) is 6.42 Å². The number of anilines is 1. The molecular weight excluding hydrogens is 226 g/mol. The highest BCUT2D eigenvalue weighted by Gasteiger charge is 2.37. The van der Waals surface area contributed by atoms with Crippen molar-refractivity contribution >= 4 is 11.6 Å². The number of carbonyl (C=O) groups is 1. The van der Waals surface area contributed by atoms with Crippen LogP contribution in [0.1, 0.15) is 24.0 Å². The highest BCUT2D eigenvalue weighted by atomic mass is 16.2. The summed E-state index contributed by atoms with van der Waals surface area (Å²) in [5.74, 6) is 0.175. The fourth-order valence-electron chi connectivity index (χ4n) is 2.43. The molecule has 0 aromatic heterocycles. The van der Waals surface area contributed by atoms with Gasteiger partial charge >= 0.3 is 0 Å². The minimum absolute atomic E-state index is 0.0485. The van der Waals surface area contributed by atoms with E-state index in [-0.39, 0.29) is 11.4 Å². The Kier molecular flexibility index (Phi) is 2.64. The van der Waals surface area contributed by atoms with E-state index in [9.17, 15) is 4.79 Å². The van der Waals surface area contributed by atoms with Gasteiger partial charge in [-0.3, -0.25) is 4.79 Å². The quantitative estimate of drug-likeness (QED) is 0.824. The molecule has 96 valence electrons. The summed E-state index contributed by atoms with van der Waals surface area (Å²) in [4.78, 5) is 13.3. The molecule has 0 spiro atoms. The number of nitrogens with one attached hydrogen (secondary N) is 1. The van der Waals surface area contributed by atoms with Gasteiger partial charge in [0.25, 0.3) is 0 Å². The minimum atomic E-state index is 0.0485.